The summed E-state index contributed by atoms with van der Waals surface area (Å²) >= 11 is 12.2. The fraction of sp³-hybridized carbons (Fsp3) is 0.326. The first kappa shape index (κ1) is 38.6. The third-order valence-corrected chi connectivity index (χ3v) is 12.1. The van der Waals surface area contributed by atoms with Gasteiger partial charge in [-0.3, -0.25) is 9.78 Å². The van der Waals surface area contributed by atoms with Crippen LogP contribution in [0.1, 0.15) is 70.9 Å². The molecular formula is C46H46Cl2N4O5. The van der Waals surface area contributed by atoms with Crippen LogP contribution in [0.5, 0.6) is 17.2 Å². The summed E-state index contributed by atoms with van der Waals surface area (Å²) in [6, 6.07) is 26.9. The van der Waals surface area contributed by atoms with Crippen molar-refractivity contribution in [1.29, 1.82) is 0 Å². The van der Waals surface area contributed by atoms with Crippen LogP contribution in [0.25, 0.3) is 11.1 Å². The van der Waals surface area contributed by atoms with Crippen LogP contribution in [0.2, 0.25) is 10.0 Å². The molecule has 57 heavy (non-hydrogen) atoms. The molecule has 1 fully saturated rings. The maximum atomic E-state index is 13.9. The van der Waals surface area contributed by atoms with E-state index < -0.39 is 6.04 Å². The van der Waals surface area contributed by atoms with E-state index in [0.29, 0.717) is 59.9 Å². The summed E-state index contributed by atoms with van der Waals surface area (Å²) in [5.74, 6) is 1.80. The summed E-state index contributed by atoms with van der Waals surface area (Å²) in [5, 5.41) is 7.35. The van der Waals surface area contributed by atoms with E-state index >= 15 is 0 Å². The third kappa shape index (κ3) is 8.85. The van der Waals surface area contributed by atoms with Gasteiger partial charge >= 0.3 is 6.03 Å². The van der Waals surface area contributed by atoms with Gasteiger partial charge in [0.05, 0.1) is 10.0 Å². The van der Waals surface area contributed by atoms with Gasteiger partial charge in [-0.25, -0.2) is 4.79 Å². The summed E-state index contributed by atoms with van der Waals surface area (Å²) in [6.07, 6.45) is 6.67. The van der Waals surface area contributed by atoms with Crippen LogP contribution >= 0.6 is 23.2 Å². The van der Waals surface area contributed by atoms with Crippen molar-refractivity contribution in [2.45, 2.75) is 83.7 Å². The number of carbonyl (C=O) groups excluding carboxylic acids is 2. The van der Waals surface area contributed by atoms with Gasteiger partial charge in [0, 0.05) is 37.4 Å². The van der Waals surface area contributed by atoms with Crippen molar-refractivity contribution in [3.8, 4) is 28.4 Å². The van der Waals surface area contributed by atoms with Crippen molar-refractivity contribution >= 4 is 35.1 Å². The lowest BCUT2D eigenvalue weighted by molar-refractivity contribution is -0.125. The fourth-order valence-electron chi connectivity index (χ4n) is 7.92. The van der Waals surface area contributed by atoms with Gasteiger partial charge < -0.3 is 29.7 Å². The second-order valence-electron chi connectivity index (χ2n) is 15.2. The molecule has 2 unspecified atom stereocenters. The number of nitrogens with zero attached hydrogens (tertiary/aromatic N) is 2. The van der Waals surface area contributed by atoms with Crippen LogP contribution in [0.4, 0.5) is 4.79 Å². The standard InChI is InChI=1S/C46H46Cl2N4O5/c1-28-29(2)49-20-18-38(28)32-10-7-30(8-11-32)17-19-50-45(53)41-22-34-23-42-43(24-35(34)25-52(41)46(54)51-36-5-3-4-6-36)57-44(27-56-42)33-12-14-37(15-13-33)55-26-31-9-16-39(47)40(48)21-31/h7-16,18,20-21,23-24,36,41,44H,3-6,17,19,22,25-27H2,1-2H3,(H,50,53)(H,51,54). The van der Waals surface area contributed by atoms with E-state index in [1.165, 1.54) is 11.1 Å². The van der Waals surface area contributed by atoms with E-state index in [1.54, 1.807) is 17.0 Å². The lowest BCUT2D eigenvalue weighted by Gasteiger charge is -2.37. The number of amides is 3. The van der Waals surface area contributed by atoms with Crippen molar-refractivity contribution < 1.29 is 23.8 Å². The van der Waals surface area contributed by atoms with Gasteiger partial charge in [0.1, 0.15) is 25.0 Å². The number of fused-ring (bicyclic) bond motifs is 2. The number of pyridine rings is 1. The largest absolute Gasteiger partial charge is 0.489 e. The summed E-state index contributed by atoms with van der Waals surface area (Å²) < 4.78 is 18.7. The highest BCUT2D eigenvalue weighted by atomic mass is 35.5. The first-order chi connectivity index (χ1) is 27.7. The predicted molar refractivity (Wildman–Crippen MR) is 222 cm³/mol. The number of aryl methyl sites for hydroxylation is 1. The molecule has 2 N–H and O–H groups in total. The van der Waals surface area contributed by atoms with E-state index in [9.17, 15) is 9.59 Å². The van der Waals surface area contributed by atoms with Gasteiger partial charge in [-0.15, -0.1) is 0 Å². The highest BCUT2D eigenvalue weighted by molar-refractivity contribution is 6.42. The molecule has 4 aromatic carbocycles. The first-order valence-corrected chi connectivity index (χ1v) is 20.4. The van der Waals surface area contributed by atoms with Gasteiger partial charge in [0.2, 0.25) is 5.91 Å². The van der Waals surface area contributed by atoms with Crippen molar-refractivity contribution in [2.24, 2.45) is 0 Å². The second-order valence-corrected chi connectivity index (χ2v) is 16.0. The smallest absolute Gasteiger partial charge is 0.318 e. The van der Waals surface area contributed by atoms with Crippen molar-refractivity contribution in [2.75, 3.05) is 13.2 Å². The molecule has 9 nitrogen and oxygen atoms in total. The zero-order valence-corrected chi connectivity index (χ0v) is 33.7. The summed E-state index contributed by atoms with van der Waals surface area (Å²) in [7, 11) is 0. The summed E-state index contributed by atoms with van der Waals surface area (Å²) in [4.78, 5) is 33.8. The van der Waals surface area contributed by atoms with Crippen molar-refractivity contribution in [1.82, 2.24) is 20.5 Å². The molecule has 8 rings (SSSR count). The molecule has 0 spiro atoms. The Balaban J connectivity index is 0.924. The molecule has 1 aliphatic carbocycles. The molecule has 3 aliphatic rings. The minimum absolute atomic E-state index is 0.124. The van der Waals surface area contributed by atoms with Gasteiger partial charge in [0.15, 0.2) is 17.6 Å². The van der Waals surface area contributed by atoms with Gasteiger partial charge in [-0.05, 0) is 120 Å². The molecule has 11 heteroatoms. The van der Waals surface area contributed by atoms with Crippen LogP contribution in [0.3, 0.4) is 0 Å². The number of carbonyl (C=O) groups is 2. The van der Waals surface area contributed by atoms with E-state index in [2.05, 4.69) is 46.8 Å². The lowest BCUT2D eigenvalue weighted by Crippen LogP contribution is -2.56. The molecule has 2 atom stereocenters. The number of rotatable bonds is 10. The molecule has 0 saturated heterocycles. The average Bonchev–Trinajstić information content (AvgIpc) is 3.74. The molecule has 3 heterocycles. The maximum absolute atomic E-state index is 13.9. The Hall–Kier alpha value is -5.25. The van der Waals surface area contributed by atoms with Gasteiger partial charge in [0.25, 0.3) is 0 Å². The Morgan fingerprint density at radius 1 is 0.877 bits per heavy atom. The maximum Gasteiger partial charge on any atom is 0.318 e. The molecular weight excluding hydrogens is 759 g/mol. The van der Waals surface area contributed by atoms with E-state index in [-0.39, 0.29) is 30.6 Å². The fourth-order valence-corrected chi connectivity index (χ4v) is 8.24. The molecule has 5 aromatic rings. The normalized spacial score (nSPS) is 17.5. The molecule has 0 bridgehead atoms. The van der Waals surface area contributed by atoms with Crippen LogP contribution < -0.4 is 24.8 Å². The van der Waals surface area contributed by atoms with Gasteiger partial charge in [-0.2, -0.15) is 0 Å². The number of benzene rings is 4. The number of halogens is 2. The van der Waals surface area contributed by atoms with Crippen LogP contribution in [0.15, 0.2) is 91.1 Å². The molecule has 3 amide bonds. The van der Waals surface area contributed by atoms with Crippen LogP contribution in [-0.4, -0.2) is 47.1 Å². The Morgan fingerprint density at radius 3 is 2.40 bits per heavy atom. The number of hydrogen-bond acceptors (Lipinski definition) is 6. The number of hydrogen-bond donors (Lipinski definition) is 2. The Labute approximate surface area is 343 Å². The molecule has 1 aromatic heterocycles. The number of ether oxygens (including phenoxy) is 3. The minimum Gasteiger partial charge on any atom is -0.489 e. The van der Waals surface area contributed by atoms with Gasteiger partial charge in [-0.1, -0.05) is 78.5 Å². The minimum atomic E-state index is -0.660. The number of aromatic nitrogens is 1. The zero-order chi connectivity index (χ0) is 39.5. The molecule has 294 valence electrons. The zero-order valence-electron chi connectivity index (χ0n) is 32.2. The highest BCUT2D eigenvalue weighted by Gasteiger charge is 2.37. The summed E-state index contributed by atoms with van der Waals surface area (Å²) in [5.41, 5.74) is 9.41. The highest BCUT2D eigenvalue weighted by Crippen LogP contribution is 2.41. The van der Waals surface area contributed by atoms with Crippen molar-refractivity contribution in [3.05, 3.63) is 140 Å². The average molecular weight is 806 g/mol. The second kappa shape index (κ2) is 17.1. The Kier molecular flexibility index (Phi) is 11.6. The van der Waals surface area contributed by atoms with Crippen LogP contribution in [0, 0.1) is 13.8 Å². The molecule has 0 radical (unpaired) electrons. The molecule has 1 saturated carbocycles. The molecule has 2 aliphatic heterocycles. The first-order valence-electron chi connectivity index (χ1n) is 19.7. The monoisotopic (exact) mass is 804 g/mol. The quantitative estimate of drug-likeness (QED) is 0.146. The van der Waals surface area contributed by atoms with E-state index in [1.807, 2.05) is 61.7 Å². The predicted octanol–water partition coefficient (Wildman–Crippen LogP) is 9.50. The van der Waals surface area contributed by atoms with Crippen molar-refractivity contribution in [3.63, 3.8) is 0 Å². The Morgan fingerprint density at radius 2 is 1.63 bits per heavy atom. The number of urea groups is 1. The lowest BCUT2D eigenvalue weighted by atomic mass is 9.92. The Bertz CT molecular complexity index is 2260. The third-order valence-electron chi connectivity index (χ3n) is 11.4. The summed E-state index contributed by atoms with van der Waals surface area (Å²) in [6.45, 7) is 5.55. The SMILES string of the molecule is Cc1nccc(-c2ccc(CCNC(=O)C3Cc4cc5c(cc4CN3C(=O)NC3CCCC3)OC(c3ccc(OCc4ccc(Cl)c(Cl)c4)cc3)CO5)cc2)c1C. The van der Waals surface area contributed by atoms with Crippen LogP contribution in [-0.2, 0) is 30.8 Å². The number of nitrogens with one attached hydrogen (secondary N) is 2. The van der Waals surface area contributed by atoms with E-state index in [0.717, 1.165) is 64.8 Å². The van der Waals surface area contributed by atoms with E-state index in [4.69, 9.17) is 37.4 Å². The topological polar surface area (TPSA) is 102 Å².